The molecule has 6 nitrogen and oxygen atoms in total. The molecule has 1 aromatic heterocycles. The molecule has 0 aliphatic carbocycles. The zero-order valence-electron chi connectivity index (χ0n) is 13.9. The Bertz CT molecular complexity index is 1140. The van der Waals surface area contributed by atoms with Crippen LogP contribution in [0.3, 0.4) is 0 Å². The van der Waals surface area contributed by atoms with Gasteiger partial charge in [-0.15, -0.1) is 11.3 Å². The maximum Gasteiger partial charge on any atom is 0.338 e. The van der Waals surface area contributed by atoms with E-state index >= 15 is 0 Å². The number of fused-ring (bicyclic) bond motifs is 2. The van der Waals surface area contributed by atoms with E-state index in [-0.39, 0.29) is 21.9 Å². The van der Waals surface area contributed by atoms with E-state index in [4.69, 9.17) is 4.74 Å². The zero-order valence-corrected chi connectivity index (χ0v) is 14.8. The first kappa shape index (κ1) is 17.6. The average molecular weight is 367 g/mol. The van der Waals surface area contributed by atoms with Gasteiger partial charge in [0.2, 0.25) is 0 Å². The van der Waals surface area contributed by atoms with Crippen LogP contribution in [0.5, 0.6) is 0 Å². The molecule has 0 saturated carbocycles. The number of nitriles is 1. The van der Waals surface area contributed by atoms with Crippen molar-refractivity contribution in [2.24, 2.45) is 0 Å². The molecule has 3 aromatic rings. The van der Waals surface area contributed by atoms with E-state index in [0.29, 0.717) is 10.1 Å². The predicted octanol–water partition coefficient (Wildman–Crippen LogP) is 2.98. The molecule has 3 rings (SSSR count). The van der Waals surface area contributed by atoms with Gasteiger partial charge in [-0.1, -0.05) is 12.1 Å². The Kier molecular flexibility index (Phi) is 4.69. The minimum absolute atomic E-state index is 0.0242. The molecule has 2 aromatic carbocycles. The SMILES string of the molecule is COC(=O)c1cc(C(C#N)C(=O)OC)cc2sc3ccccc3c(=O)c12. The molecule has 0 amide bonds. The van der Waals surface area contributed by atoms with E-state index in [9.17, 15) is 19.6 Å². The lowest BCUT2D eigenvalue weighted by atomic mass is 9.96. The van der Waals surface area contributed by atoms with Gasteiger partial charge in [0.15, 0.2) is 11.3 Å². The average Bonchev–Trinajstić information content (AvgIpc) is 2.67. The van der Waals surface area contributed by atoms with Gasteiger partial charge < -0.3 is 9.47 Å². The number of nitrogens with zero attached hydrogens (tertiary/aromatic N) is 1. The molecular weight excluding hydrogens is 354 g/mol. The van der Waals surface area contributed by atoms with Gasteiger partial charge in [-0.25, -0.2) is 4.79 Å². The number of rotatable bonds is 3. The van der Waals surface area contributed by atoms with Crippen LogP contribution in [0.2, 0.25) is 0 Å². The van der Waals surface area contributed by atoms with E-state index in [0.717, 1.165) is 4.70 Å². The van der Waals surface area contributed by atoms with Crippen LogP contribution in [-0.4, -0.2) is 26.2 Å². The second kappa shape index (κ2) is 6.94. The molecular formula is C19H13NO5S. The number of benzene rings is 2. The normalized spacial score (nSPS) is 11.7. The Labute approximate surface area is 152 Å². The minimum Gasteiger partial charge on any atom is -0.468 e. The highest BCUT2D eigenvalue weighted by Crippen LogP contribution is 2.31. The van der Waals surface area contributed by atoms with Crippen molar-refractivity contribution in [3.63, 3.8) is 0 Å². The second-order valence-corrected chi connectivity index (χ2v) is 6.53. The Balaban J connectivity index is 2.43. The van der Waals surface area contributed by atoms with Gasteiger partial charge in [0.1, 0.15) is 0 Å². The van der Waals surface area contributed by atoms with Crippen LogP contribution < -0.4 is 5.43 Å². The Morgan fingerprint density at radius 2 is 1.85 bits per heavy atom. The highest BCUT2D eigenvalue weighted by molar-refractivity contribution is 7.24. The lowest BCUT2D eigenvalue weighted by Crippen LogP contribution is -2.15. The fourth-order valence-electron chi connectivity index (χ4n) is 2.77. The van der Waals surface area contributed by atoms with E-state index in [1.54, 1.807) is 24.3 Å². The number of ether oxygens (including phenoxy) is 2. The van der Waals surface area contributed by atoms with Crippen molar-refractivity contribution in [3.8, 4) is 6.07 Å². The first-order valence-electron chi connectivity index (χ1n) is 7.57. The van der Waals surface area contributed by atoms with Gasteiger partial charge >= 0.3 is 11.9 Å². The third-order valence-electron chi connectivity index (χ3n) is 4.01. The van der Waals surface area contributed by atoms with Crippen LogP contribution in [0, 0.1) is 11.3 Å². The number of hydrogen-bond acceptors (Lipinski definition) is 7. The topological polar surface area (TPSA) is 93.5 Å². The first-order valence-corrected chi connectivity index (χ1v) is 8.38. The molecule has 0 saturated heterocycles. The van der Waals surface area contributed by atoms with Crippen LogP contribution in [0.4, 0.5) is 0 Å². The summed E-state index contributed by atoms with van der Waals surface area (Å²) in [7, 11) is 2.39. The van der Waals surface area contributed by atoms with Gasteiger partial charge in [0.05, 0.1) is 31.2 Å². The number of methoxy groups -OCH3 is 2. The van der Waals surface area contributed by atoms with Crippen molar-refractivity contribution in [1.82, 2.24) is 0 Å². The van der Waals surface area contributed by atoms with Crippen LogP contribution in [0.25, 0.3) is 20.2 Å². The van der Waals surface area contributed by atoms with Crippen LogP contribution in [0.1, 0.15) is 21.8 Å². The Hall–Kier alpha value is -3.24. The lowest BCUT2D eigenvalue weighted by Gasteiger charge is -2.12. The van der Waals surface area contributed by atoms with E-state index in [1.807, 2.05) is 12.1 Å². The maximum atomic E-state index is 12.9. The molecule has 0 aliphatic rings. The summed E-state index contributed by atoms with van der Waals surface area (Å²) in [5, 5.41) is 10.0. The van der Waals surface area contributed by atoms with Crippen molar-refractivity contribution < 1.29 is 19.1 Å². The highest BCUT2D eigenvalue weighted by Gasteiger charge is 2.25. The van der Waals surface area contributed by atoms with Crippen LogP contribution in [-0.2, 0) is 14.3 Å². The van der Waals surface area contributed by atoms with Gasteiger partial charge in [-0.2, -0.15) is 5.26 Å². The summed E-state index contributed by atoms with van der Waals surface area (Å²) < 4.78 is 10.7. The summed E-state index contributed by atoms with van der Waals surface area (Å²) in [4.78, 5) is 37.1. The molecule has 1 atom stereocenters. The molecule has 130 valence electrons. The van der Waals surface area contributed by atoms with Gasteiger partial charge in [-0.3, -0.25) is 9.59 Å². The molecule has 0 fully saturated rings. The summed E-state index contributed by atoms with van der Waals surface area (Å²) >= 11 is 1.30. The molecule has 0 bridgehead atoms. The third kappa shape index (κ3) is 2.80. The first-order chi connectivity index (χ1) is 12.5. The fraction of sp³-hybridized carbons (Fsp3) is 0.158. The van der Waals surface area contributed by atoms with Crippen LogP contribution in [0.15, 0.2) is 41.2 Å². The monoisotopic (exact) mass is 367 g/mol. The molecule has 26 heavy (non-hydrogen) atoms. The molecule has 0 N–H and O–H groups in total. The number of carbonyl (C=O) groups excluding carboxylic acids is 2. The quantitative estimate of drug-likeness (QED) is 0.522. The van der Waals surface area contributed by atoms with Gasteiger partial charge in [0, 0.05) is 14.8 Å². The van der Waals surface area contributed by atoms with Crippen molar-refractivity contribution in [1.29, 1.82) is 5.26 Å². The van der Waals surface area contributed by atoms with Crippen molar-refractivity contribution in [2.75, 3.05) is 14.2 Å². The van der Waals surface area contributed by atoms with Crippen LogP contribution >= 0.6 is 11.3 Å². The Morgan fingerprint density at radius 1 is 1.12 bits per heavy atom. The summed E-state index contributed by atoms with van der Waals surface area (Å²) in [6.07, 6.45) is 0. The summed E-state index contributed by atoms with van der Waals surface area (Å²) in [6.45, 7) is 0. The number of esters is 2. The van der Waals surface area contributed by atoms with Crippen molar-refractivity contribution in [3.05, 3.63) is 57.7 Å². The van der Waals surface area contributed by atoms with Gasteiger partial charge in [-0.05, 0) is 29.8 Å². The van der Waals surface area contributed by atoms with Crippen molar-refractivity contribution in [2.45, 2.75) is 5.92 Å². The smallest absolute Gasteiger partial charge is 0.338 e. The maximum absolute atomic E-state index is 12.9. The summed E-state index contributed by atoms with van der Waals surface area (Å²) in [6, 6.07) is 11.8. The summed E-state index contributed by atoms with van der Waals surface area (Å²) in [5.74, 6) is -2.66. The molecule has 0 aliphatic heterocycles. The van der Waals surface area contributed by atoms with E-state index in [1.165, 1.54) is 31.6 Å². The fourth-order valence-corrected chi connectivity index (χ4v) is 3.92. The number of carbonyl (C=O) groups is 2. The molecule has 7 heteroatoms. The number of hydrogen-bond donors (Lipinski definition) is 0. The summed E-state index contributed by atoms with van der Waals surface area (Å²) in [5.41, 5.74) is 0.00205. The largest absolute Gasteiger partial charge is 0.468 e. The predicted molar refractivity (Wildman–Crippen MR) is 97.3 cm³/mol. The molecule has 1 unspecified atom stereocenters. The second-order valence-electron chi connectivity index (χ2n) is 5.45. The van der Waals surface area contributed by atoms with Gasteiger partial charge in [0.25, 0.3) is 0 Å². The minimum atomic E-state index is -1.21. The van der Waals surface area contributed by atoms with E-state index < -0.39 is 17.9 Å². The molecule has 0 spiro atoms. The van der Waals surface area contributed by atoms with E-state index in [2.05, 4.69) is 4.74 Å². The third-order valence-corrected chi connectivity index (χ3v) is 5.13. The highest BCUT2D eigenvalue weighted by atomic mass is 32.1. The zero-order chi connectivity index (χ0) is 18.8. The molecule has 1 heterocycles. The molecule has 0 radical (unpaired) electrons. The Morgan fingerprint density at radius 3 is 2.50 bits per heavy atom. The lowest BCUT2D eigenvalue weighted by molar-refractivity contribution is -0.141. The standard InChI is InChI=1S/C19H13NO5S/c1-24-18(22)12-7-10(13(9-20)19(23)25-2)8-15-16(12)17(21)11-5-3-4-6-14(11)26-15/h3-8,13H,1-2H3. The van der Waals surface area contributed by atoms with Crippen molar-refractivity contribution >= 4 is 43.4 Å².